The Bertz CT molecular complexity index is 608. The highest BCUT2D eigenvalue weighted by Crippen LogP contribution is 2.43. The molecule has 1 aromatic carbocycles. The number of hydrogen-bond donors (Lipinski definition) is 1. The maximum atomic E-state index is 8.90. The minimum Gasteiger partial charge on any atom is -0.396 e. The Balaban J connectivity index is 0.00000120. The molecule has 2 N–H and O–H groups in total. The van der Waals surface area contributed by atoms with E-state index in [0.717, 1.165) is 17.1 Å². The highest BCUT2D eigenvalue weighted by Gasteiger charge is 2.30. The Kier molecular flexibility index (Phi) is 3.26. The van der Waals surface area contributed by atoms with Gasteiger partial charge in [0.25, 0.3) is 0 Å². The lowest BCUT2D eigenvalue weighted by atomic mass is 10.2. The predicted octanol–water partition coefficient (Wildman–Crippen LogP) is 2.63. The number of nitriles is 1. The topological polar surface area (TPSA) is 67.6 Å². The van der Waals surface area contributed by atoms with Crippen LogP contribution in [0.5, 0.6) is 0 Å². The fourth-order valence-corrected chi connectivity index (χ4v) is 2.05. The van der Waals surface area contributed by atoms with E-state index in [4.69, 9.17) is 11.0 Å². The molecule has 18 heavy (non-hydrogen) atoms. The van der Waals surface area contributed by atoms with Gasteiger partial charge in [-0.3, -0.25) is 0 Å². The standard InChI is InChI=1S/C13H12N4.ClH/c14-7-9-2-1-3-11(6-9)17-13(10-4-5-10)12(15)8-16-17;/h1-3,6,8,10H,4-5,15H2;1H. The highest BCUT2D eigenvalue weighted by atomic mass is 35.5. The Morgan fingerprint density at radius 1 is 1.39 bits per heavy atom. The van der Waals surface area contributed by atoms with Crippen molar-refractivity contribution in [3.05, 3.63) is 41.7 Å². The lowest BCUT2D eigenvalue weighted by molar-refractivity contribution is 0.809. The smallest absolute Gasteiger partial charge is 0.0992 e. The molecule has 92 valence electrons. The summed E-state index contributed by atoms with van der Waals surface area (Å²) >= 11 is 0. The molecule has 5 heteroatoms. The van der Waals surface area contributed by atoms with Gasteiger partial charge in [0.05, 0.1) is 34.9 Å². The molecule has 0 atom stereocenters. The molecule has 3 rings (SSSR count). The van der Waals surface area contributed by atoms with Crippen LogP contribution in [-0.2, 0) is 0 Å². The van der Waals surface area contributed by atoms with Gasteiger partial charge in [-0.25, -0.2) is 4.68 Å². The molecule has 0 saturated heterocycles. The van der Waals surface area contributed by atoms with Gasteiger partial charge >= 0.3 is 0 Å². The summed E-state index contributed by atoms with van der Waals surface area (Å²) in [5.74, 6) is 0.531. The largest absolute Gasteiger partial charge is 0.396 e. The van der Waals surface area contributed by atoms with Crippen molar-refractivity contribution in [3.63, 3.8) is 0 Å². The molecule has 4 nitrogen and oxygen atoms in total. The lowest BCUT2D eigenvalue weighted by Crippen LogP contribution is -2.02. The molecule has 0 radical (unpaired) electrons. The van der Waals surface area contributed by atoms with Gasteiger partial charge in [-0.15, -0.1) is 12.4 Å². The summed E-state index contributed by atoms with van der Waals surface area (Å²) in [6.45, 7) is 0. The summed E-state index contributed by atoms with van der Waals surface area (Å²) < 4.78 is 1.86. The minimum absolute atomic E-state index is 0. The van der Waals surface area contributed by atoms with Gasteiger partial charge in [-0.1, -0.05) is 6.07 Å². The molecule has 0 unspecified atom stereocenters. The van der Waals surface area contributed by atoms with E-state index in [2.05, 4.69) is 11.2 Å². The second-order valence-electron chi connectivity index (χ2n) is 4.33. The summed E-state index contributed by atoms with van der Waals surface area (Å²) in [5, 5.41) is 13.2. The molecule has 1 heterocycles. The van der Waals surface area contributed by atoms with E-state index < -0.39 is 0 Å². The number of benzene rings is 1. The Labute approximate surface area is 111 Å². The van der Waals surface area contributed by atoms with E-state index in [9.17, 15) is 0 Å². The third-order valence-corrected chi connectivity index (χ3v) is 3.02. The van der Waals surface area contributed by atoms with Gasteiger partial charge in [-0.2, -0.15) is 10.4 Å². The third-order valence-electron chi connectivity index (χ3n) is 3.02. The second-order valence-corrected chi connectivity index (χ2v) is 4.33. The Morgan fingerprint density at radius 2 is 2.17 bits per heavy atom. The number of nitrogens with zero attached hydrogens (tertiary/aromatic N) is 3. The van der Waals surface area contributed by atoms with Crippen molar-refractivity contribution in [2.24, 2.45) is 0 Å². The zero-order valence-corrected chi connectivity index (χ0v) is 10.5. The first kappa shape index (κ1) is 12.5. The first-order valence-electron chi connectivity index (χ1n) is 5.63. The second kappa shape index (κ2) is 4.71. The lowest BCUT2D eigenvalue weighted by Gasteiger charge is -2.07. The van der Waals surface area contributed by atoms with Crippen LogP contribution in [0.4, 0.5) is 5.69 Å². The van der Waals surface area contributed by atoms with Crippen LogP contribution in [0.3, 0.4) is 0 Å². The van der Waals surface area contributed by atoms with Crippen LogP contribution in [0.1, 0.15) is 30.0 Å². The normalized spacial score (nSPS) is 13.7. The van der Waals surface area contributed by atoms with Crippen molar-refractivity contribution in [1.29, 1.82) is 5.26 Å². The Hall–Kier alpha value is -1.99. The van der Waals surface area contributed by atoms with Crippen molar-refractivity contribution in [1.82, 2.24) is 9.78 Å². The molecule has 1 aromatic heterocycles. The summed E-state index contributed by atoms with van der Waals surface area (Å²) in [6.07, 6.45) is 4.04. The molecule has 1 aliphatic rings. The van der Waals surface area contributed by atoms with Crippen LogP contribution in [-0.4, -0.2) is 9.78 Å². The number of hydrogen-bond acceptors (Lipinski definition) is 3. The van der Waals surface area contributed by atoms with Crippen LogP contribution in [0.15, 0.2) is 30.5 Å². The molecular formula is C13H13ClN4. The molecule has 1 fully saturated rings. The van der Waals surface area contributed by atoms with E-state index in [1.807, 2.05) is 22.9 Å². The average molecular weight is 261 g/mol. The minimum atomic E-state index is 0. The zero-order valence-electron chi connectivity index (χ0n) is 9.71. The first-order chi connectivity index (χ1) is 8.29. The molecule has 2 aromatic rings. The Morgan fingerprint density at radius 3 is 2.83 bits per heavy atom. The van der Waals surface area contributed by atoms with Crippen molar-refractivity contribution in [2.75, 3.05) is 5.73 Å². The van der Waals surface area contributed by atoms with Crippen molar-refractivity contribution in [3.8, 4) is 11.8 Å². The van der Waals surface area contributed by atoms with Gasteiger partial charge in [0.1, 0.15) is 0 Å². The number of nitrogens with two attached hydrogens (primary N) is 1. The number of anilines is 1. The van der Waals surface area contributed by atoms with Crippen LogP contribution in [0.2, 0.25) is 0 Å². The van der Waals surface area contributed by atoms with Crippen LogP contribution >= 0.6 is 12.4 Å². The van der Waals surface area contributed by atoms with E-state index in [1.165, 1.54) is 12.8 Å². The maximum Gasteiger partial charge on any atom is 0.0992 e. The van der Waals surface area contributed by atoms with Crippen molar-refractivity contribution in [2.45, 2.75) is 18.8 Å². The fraction of sp³-hybridized carbons (Fsp3) is 0.231. The van der Waals surface area contributed by atoms with Gasteiger partial charge < -0.3 is 5.73 Å². The highest BCUT2D eigenvalue weighted by molar-refractivity contribution is 5.85. The number of rotatable bonds is 2. The van der Waals surface area contributed by atoms with Gasteiger partial charge in [0.2, 0.25) is 0 Å². The third kappa shape index (κ3) is 2.05. The maximum absolute atomic E-state index is 8.90. The SMILES string of the molecule is Cl.N#Cc1cccc(-n2ncc(N)c2C2CC2)c1. The van der Waals surface area contributed by atoms with Gasteiger partial charge in [-0.05, 0) is 31.0 Å². The molecule has 0 spiro atoms. The monoisotopic (exact) mass is 260 g/mol. The van der Waals surface area contributed by atoms with Crippen LogP contribution < -0.4 is 5.73 Å². The number of nitrogen functional groups attached to an aromatic ring is 1. The van der Waals surface area contributed by atoms with Crippen molar-refractivity contribution >= 4 is 18.1 Å². The molecule has 0 aliphatic heterocycles. The fourth-order valence-electron chi connectivity index (χ4n) is 2.05. The molecule has 1 saturated carbocycles. The molecule has 1 aliphatic carbocycles. The first-order valence-corrected chi connectivity index (χ1v) is 5.63. The average Bonchev–Trinajstić information content (AvgIpc) is 3.12. The van der Waals surface area contributed by atoms with Crippen LogP contribution in [0.25, 0.3) is 5.69 Å². The van der Waals surface area contributed by atoms with Gasteiger partial charge in [0.15, 0.2) is 0 Å². The zero-order chi connectivity index (χ0) is 11.8. The summed E-state index contributed by atoms with van der Waals surface area (Å²) in [7, 11) is 0. The van der Waals surface area contributed by atoms with E-state index in [-0.39, 0.29) is 12.4 Å². The predicted molar refractivity (Wildman–Crippen MR) is 71.9 cm³/mol. The molecule has 0 amide bonds. The van der Waals surface area contributed by atoms with Gasteiger partial charge in [0, 0.05) is 5.92 Å². The van der Waals surface area contributed by atoms with Crippen LogP contribution in [0, 0.1) is 11.3 Å². The quantitative estimate of drug-likeness (QED) is 0.903. The molecule has 0 bridgehead atoms. The summed E-state index contributed by atoms with van der Waals surface area (Å²) in [4.78, 5) is 0. The van der Waals surface area contributed by atoms with Crippen molar-refractivity contribution < 1.29 is 0 Å². The van der Waals surface area contributed by atoms with E-state index >= 15 is 0 Å². The number of aromatic nitrogens is 2. The van der Waals surface area contributed by atoms with E-state index in [1.54, 1.807) is 12.3 Å². The summed E-state index contributed by atoms with van der Waals surface area (Å²) in [5.41, 5.74) is 9.31. The molecular weight excluding hydrogens is 248 g/mol. The summed E-state index contributed by atoms with van der Waals surface area (Å²) in [6, 6.07) is 9.56. The number of halogens is 1. The van der Waals surface area contributed by atoms with E-state index in [0.29, 0.717) is 11.5 Å².